The molecule has 0 aliphatic heterocycles. The lowest BCUT2D eigenvalue weighted by molar-refractivity contribution is 0.578. The van der Waals surface area contributed by atoms with E-state index < -0.39 is 0 Å². The van der Waals surface area contributed by atoms with Crippen LogP contribution in [0.2, 0.25) is 0 Å². The molecule has 1 aromatic carbocycles. The highest BCUT2D eigenvalue weighted by atomic mass is 32.1. The monoisotopic (exact) mass is 247 g/mol. The molecule has 0 amide bonds. The summed E-state index contributed by atoms with van der Waals surface area (Å²) in [5, 5.41) is 13.6. The van der Waals surface area contributed by atoms with Crippen LogP contribution in [-0.2, 0) is 12.0 Å². The zero-order valence-electron chi connectivity index (χ0n) is 10.4. The van der Waals surface area contributed by atoms with Crippen molar-refractivity contribution in [2.45, 2.75) is 32.7 Å². The summed E-state index contributed by atoms with van der Waals surface area (Å²) < 4.78 is 0. The summed E-state index contributed by atoms with van der Waals surface area (Å²) in [6.45, 7) is 7.23. The van der Waals surface area contributed by atoms with E-state index in [0.29, 0.717) is 0 Å². The Morgan fingerprint density at radius 3 is 2.41 bits per heavy atom. The summed E-state index contributed by atoms with van der Waals surface area (Å²) in [4.78, 5) is 0. The third-order valence-corrected chi connectivity index (χ3v) is 3.66. The van der Waals surface area contributed by atoms with Crippen molar-refractivity contribution in [2.75, 3.05) is 5.32 Å². The Balaban J connectivity index is 1.99. The number of anilines is 1. The first-order valence-corrected chi connectivity index (χ1v) is 6.49. The minimum Gasteiger partial charge on any atom is -0.356 e. The molecule has 0 fully saturated rings. The molecule has 0 saturated carbocycles. The molecule has 0 aliphatic carbocycles. The predicted molar refractivity (Wildman–Crippen MR) is 72.4 cm³/mol. The third-order valence-electron chi connectivity index (χ3n) is 2.35. The maximum atomic E-state index is 4.21. The van der Waals surface area contributed by atoms with Crippen LogP contribution in [-0.4, -0.2) is 10.2 Å². The van der Waals surface area contributed by atoms with Crippen molar-refractivity contribution in [2.24, 2.45) is 0 Å². The number of nitrogens with one attached hydrogen (secondary N) is 1. The van der Waals surface area contributed by atoms with Crippen molar-refractivity contribution in [1.29, 1.82) is 0 Å². The van der Waals surface area contributed by atoms with E-state index in [1.165, 1.54) is 5.56 Å². The lowest BCUT2D eigenvalue weighted by atomic mass is 9.98. The quantitative estimate of drug-likeness (QED) is 0.902. The minimum absolute atomic E-state index is 0.0738. The molecule has 4 heteroatoms. The first-order chi connectivity index (χ1) is 8.05. The van der Waals surface area contributed by atoms with Crippen LogP contribution in [0.4, 0.5) is 5.13 Å². The van der Waals surface area contributed by atoms with Gasteiger partial charge in [0.25, 0.3) is 0 Å². The van der Waals surface area contributed by atoms with E-state index in [0.717, 1.165) is 16.7 Å². The van der Waals surface area contributed by atoms with Crippen LogP contribution < -0.4 is 5.32 Å². The first-order valence-electron chi connectivity index (χ1n) is 5.67. The van der Waals surface area contributed by atoms with Crippen molar-refractivity contribution in [1.82, 2.24) is 10.2 Å². The molecule has 2 rings (SSSR count). The largest absolute Gasteiger partial charge is 0.356 e. The fourth-order valence-corrected chi connectivity index (χ4v) is 2.17. The molecule has 0 radical (unpaired) electrons. The molecule has 17 heavy (non-hydrogen) atoms. The van der Waals surface area contributed by atoms with Gasteiger partial charge in [-0.25, -0.2) is 0 Å². The fourth-order valence-electron chi connectivity index (χ4n) is 1.37. The SMILES string of the molecule is CC(C)(C)c1nnc(NCc2ccccc2)s1. The van der Waals surface area contributed by atoms with Gasteiger partial charge in [-0.3, -0.25) is 0 Å². The summed E-state index contributed by atoms with van der Waals surface area (Å²) in [6.07, 6.45) is 0. The van der Waals surface area contributed by atoms with E-state index >= 15 is 0 Å². The molecule has 0 bridgehead atoms. The van der Waals surface area contributed by atoms with Crippen LogP contribution in [0, 0.1) is 0 Å². The maximum Gasteiger partial charge on any atom is 0.205 e. The first kappa shape index (κ1) is 12.0. The van der Waals surface area contributed by atoms with Gasteiger partial charge in [-0.15, -0.1) is 10.2 Å². The average Bonchev–Trinajstić information content (AvgIpc) is 2.76. The molecule has 1 N–H and O–H groups in total. The Kier molecular flexibility index (Phi) is 3.43. The number of rotatable bonds is 3. The predicted octanol–water partition coefficient (Wildman–Crippen LogP) is 3.45. The second-order valence-corrected chi connectivity index (χ2v) is 5.98. The van der Waals surface area contributed by atoms with Crippen LogP contribution in [0.3, 0.4) is 0 Å². The van der Waals surface area contributed by atoms with Crippen molar-refractivity contribution < 1.29 is 0 Å². The normalized spacial score (nSPS) is 11.5. The van der Waals surface area contributed by atoms with Gasteiger partial charge in [0.05, 0.1) is 0 Å². The number of hydrogen-bond acceptors (Lipinski definition) is 4. The third kappa shape index (κ3) is 3.27. The van der Waals surface area contributed by atoms with Crippen LogP contribution >= 0.6 is 11.3 Å². The molecular formula is C13H17N3S. The molecule has 0 aliphatic rings. The summed E-state index contributed by atoms with van der Waals surface area (Å²) >= 11 is 1.63. The zero-order valence-corrected chi connectivity index (χ0v) is 11.2. The Labute approximate surface area is 106 Å². The van der Waals surface area contributed by atoms with E-state index in [4.69, 9.17) is 0 Å². The topological polar surface area (TPSA) is 37.8 Å². The number of hydrogen-bond donors (Lipinski definition) is 1. The Bertz CT molecular complexity index is 471. The number of aromatic nitrogens is 2. The van der Waals surface area contributed by atoms with E-state index in [1.54, 1.807) is 11.3 Å². The number of nitrogens with zero attached hydrogens (tertiary/aromatic N) is 2. The number of benzene rings is 1. The smallest absolute Gasteiger partial charge is 0.205 e. The van der Waals surface area contributed by atoms with Gasteiger partial charge in [-0.2, -0.15) is 0 Å². The van der Waals surface area contributed by atoms with Crippen LogP contribution in [0.15, 0.2) is 30.3 Å². The van der Waals surface area contributed by atoms with Crippen molar-refractivity contribution in [3.63, 3.8) is 0 Å². The van der Waals surface area contributed by atoms with Gasteiger partial charge in [0.15, 0.2) is 0 Å². The average molecular weight is 247 g/mol. The van der Waals surface area contributed by atoms with E-state index in [1.807, 2.05) is 18.2 Å². The zero-order chi connectivity index (χ0) is 12.3. The van der Waals surface area contributed by atoms with Crippen molar-refractivity contribution in [3.05, 3.63) is 40.9 Å². The molecule has 0 spiro atoms. The maximum absolute atomic E-state index is 4.21. The van der Waals surface area contributed by atoms with Crippen LogP contribution in [0.1, 0.15) is 31.3 Å². The molecule has 3 nitrogen and oxygen atoms in total. The summed E-state index contributed by atoms with van der Waals surface area (Å²) in [7, 11) is 0. The van der Waals surface area contributed by atoms with Gasteiger partial charge in [-0.1, -0.05) is 62.4 Å². The molecule has 1 heterocycles. The molecule has 0 atom stereocenters. The Morgan fingerprint density at radius 1 is 1.12 bits per heavy atom. The van der Waals surface area contributed by atoms with Crippen molar-refractivity contribution in [3.8, 4) is 0 Å². The highest BCUT2D eigenvalue weighted by Gasteiger charge is 2.19. The van der Waals surface area contributed by atoms with Gasteiger partial charge >= 0.3 is 0 Å². The van der Waals surface area contributed by atoms with Crippen LogP contribution in [0.5, 0.6) is 0 Å². The highest BCUT2D eigenvalue weighted by molar-refractivity contribution is 7.15. The second kappa shape index (κ2) is 4.84. The Hall–Kier alpha value is -1.42. The Morgan fingerprint density at radius 2 is 1.82 bits per heavy atom. The second-order valence-electron chi connectivity index (χ2n) is 5.00. The lowest BCUT2D eigenvalue weighted by Gasteiger charge is -2.12. The summed E-state index contributed by atoms with van der Waals surface area (Å²) in [5.74, 6) is 0. The fraction of sp³-hybridized carbons (Fsp3) is 0.385. The van der Waals surface area contributed by atoms with Crippen molar-refractivity contribution >= 4 is 16.5 Å². The van der Waals surface area contributed by atoms with E-state index in [-0.39, 0.29) is 5.41 Å². The summed E-state index contributed by atoms with van der Waals surface area (Å²) in [6, 6.07) is 10.3. The highest BCUT2D eigenvalue weighted by Crippen LogP contribution is 2.27. The van der Waals surface area contributed by atoms with Gasteiger partial charge in [-0.05, 0) is 5.56 Å². The summed E-state index contributed by atoms with van der Waals surface area (Å²) in [5.41, 5.74) is 1.32. The van der Waals surface area contributed by atoms with Gasteiger partial charge in [0.2, 0.25) is 5.13 Å². The molecule has 0 unspecified atom stereocenters. The molecule has 90 valence electrons. The molecule has 2 aromatic rings. The van der Waals surface area contributed by atoms with Gasteiger partial charge < -0.3 is 5.32 Å². The van der Waals surface area contributed by atoms with E-state index in [2.05, 4.69) is 48.4 Å². The van der Waals surface area contributed by atoms with E-state index in [9.17, 15) is 0 Å². The molecular weight excluding hydrogens is 230 g/mol. The molecule has 0 saturated heterocycles. The van der Waals surface area contributed by atoms with Gasteiger partial charge in [0, 0.05) is 12.0 Å². The standard InChI is InChI=1S/C13H17N3S/c1-13(2,3)11-15-16-12(17-11)14-9-10-7-5-4-6-8-10/h4-8H,9H2,1-3H3,(H,14,16). The van der Waals surface area contributed by atoms with Crippen LogP contribution in [0.25, 0.3) is 0 Å². The van der Waals surface area contributed by atoms with Gasteiger partial charge in [0.1, 0.15) is 5.01 Å². The molecule has 1 aromatic heterocycles. The lowest BCUT2D eigenvalue weighted by Crippen LogP contribution is -2.10. The minimum atomic E-state index is 0.0738.